The molecule has 0 fully saturated rings. The van der Waals surface area contributed by atoms with E-state index >= 15 is 0 Å². The molecule has 0 radical (unpaired) electrons. The monoisotopic (exact) mass is 443 g/mol. The van der Waals surface area contributed by atoms with E-state index in [1.165, 1.54) is 5.56 Å². The summed E-state index contributed by atoms with van der Waals surface area (Å²) < 4.78 is 11.5. The van der Waals surface area contributed by atoms with Crippen molar-refractivity contribution >= 4 is 34.7 Å². The number of para-hydroxylation sites is 2. The first-order chi connectivity index (χ1) is 15.7. The van der Waals surface area contributed by atoms with Gasteiger partial charge in [-0.1, -0.05) is 59.8 Å². The minimum Gasteiger partial charge on any atom is -0.494 e. The number of allylic oxidation sites excluding steroid dienone is 1. The van der Waals surface area contributed by atoms with Crippen molar-refractivity contribution in [1.29, 1.82) is 0 Å². The van der Waals surface area contributed by atoms with Gasteiger partial charge >= 0.3 is 0 Å². The zero-order valence-corrected chi connectivity index (χ0v) is 18.8. The molecule has 4 aromatic rings. The van der Waals surface area contributed by atoms with E-state index in [9.17, 15) is 4.79 Å². The number of carbonyl (C=O) groups excluding carboxylic acids is 1. The van der Waals surface area contributed by atoms with Crippen molar-refractivity contribution < 1.29 is 13.9 Å². The Balaban J connectivity index is 1.16. The number of thioether (sulfide) groups is 1. The lowest BCUT2D eigenvalue weighted by Crippen LogP contribution is -1.99. The first kappa shape index (κ1) is 21.9. The average molecular weight is 444 g/mol. The van der Waals surface area contributed by atoms with Gasteiger partial charge in [-0.2, -0.15) is 0 Å². The molecule has 4 nitrogen and oxygen atoms in total. The summed E-state index contributed by atoms with van der Waals surface area (Å²) in [6.07, 6.45) is 5.39. The molecule has 0 spiro atoms. The summed E-state index contributed by atoms with van der Waals surface area (Å²) in [4.78, 5) is 16.8. The van der Waals surface area contributed by atoms with E-state index in [1.807, 2.05) is 73.7 Å². The maximum atomic E-state index is 12.4. The minimum absolute atomic E-state index is 0.0200. The van der Waals surface area contributed by atoms with Gasteiger partial charge in [0.25, 0.3) is 5.22 Å². The number of oxazole rings is 1. The molecule has 0 unspecified atom stereocenters. The van der Waals surface area contributed by atoms with Crippen molar-refractivity contribution in [2.75, 3.05) is 12.4 Å². The lowest BCUT2D eigenvalue weighted by atomic mass is 10.1. The van der Waals surface area contributed by atoms with Crippen LogP contribution < -0.4 is 4.74 Å². The second-order valence-corrected chi connectivity index (χ2v) is 8.53. The van der Waals surface area contributed by atoms with Gasteiger partial charge in [-0.25, -0.2) is 4.98 Å². The van der Waals surface area contributed by atoms with E-state index < -0.39 is 0 Å². The smallest absolute Gasteiger partial charge is 0.256 e. The number of fused-ring (bicyclic) bond motifs is 1. The minimum atomic E-state index is -0.0200. The molecule has 4 rings (SSSR count). The number of aryl methyl sites for hydroxylation is 1. The van der Waals surface area contributed by atoms with Crippen LogP contribution in [0, 0.1) is 6.92 Å². The Labute approximate surface area is 192 Å². The number of hydrogen-bond donors (Lipinski definition) is 0. The summed E-state index contributed by atoms with van der Waals surface area (Å²) >= 11 is 1.62. The van der Waals surface area contributed by atoms with Crippen molar-refractivity contribution in [1.82, 2.24) is 4.98 Å². The first-order valence-electron chi connectivity index (χ1n) is 10.7. The third kappa shape index (κ3) is 6.11. The van der Waals surface area contributed by atoms with Gasteiger partial charge in [-0.3, -0.25) is 4.79 Å². The molecule has 0 aliphatic rings. The number of aromatic nitrogens is 1. The summed E-state index contributed by atoms with van der Waals surface area (Å²) in [5.74, 6) is 1.68. The highest BCUT2D eigenvalue weighted by atomic mass is 32.2. The fourth-order valence-corrected chi connectivity index (χ4v) is 3.96. The Kier molecular flexibility index (Phi) is 7.41. The van der Waals surface area contributed by atoms with Gasteiger partial charge in [0.05, 0.1) is 6.61 Å². The lowest BCUT2D eigenvalue weighted by molar-refractivity contribution is 0.104. The summed E-state index contributed by atoms with van der Waals surface area (Å²) in [6.45, 7) is 2.68. The van der Waals surface area contributed by atoms with Crippen LogP contribution in [0.3, 0.4) is 0 Å². The van der Waals surface area contributed by atoms with Crippen LogP contribution in [-0.4, -0.2) is 23.1 Å². The van der Waals surface area contributed by atoms with E-state index in [0.29, 0.717) is 17.4 Å². The molecule has 0 atom stereocenters. The summed E-state index contributed by atoms with van der Waals surface area (Å²) in [6, 6.07) is 23.2. The quantitative estimate of drug-likeness (QED) is 0.114. The fourth-order valence-electron chi connectivity index (χ4n) is 3.13. The molecule has 0 aliphatic carbocycles. The largest absolute Gasteiger partial charge is 0.494 e. The number of ketones is 1. The molecule has 1 aromatic heterocycles. The highest BCUT2D eigenvalue weighted by molar-refractivity contribution is 7.99. The van der Waals surface area contributed by atoms with Crippen molar-refractivity contribution in [2.45, 2.75) is 25.0 Å². The first-order valence-corrected chi connectivity index (χ1v) is 11.7. The molecule has 162 valence electrons. The summed E-state index contributed by atoms with van der Waals surface area (Å²) in [7, 11) is 0. The lowest BCUT2D eigenvalue weighted by Gasteiger charge is -2.06. The zero-order valence-electron chi connectivity index (χ0n) is 18.0. The zero-order chi connectivity index (χ0) is 22.2. The molecule has 32 heavy (non-hydrogen) atoms. The Morgan fingerprint density at radius 1 is 1.00 bits per heavy atom. The molecule has 0 aliphatic heterocycles. The van der Waals surface area contributed by atoms with Gasteiger partial charge in [0.1, 0.15) is 11.3 Å². The molecule has 0 bridgehead atoms. The number of rotatable bonds is 10. The van der Waals surface area contributed by atoms with Crippen LogP contribution in [0.15, 0.2) is 88.5 Å². The second-order valence-electron chi connectivity index (χ2n) is 7.48. The van der Waals surface area contributed by atoms with Crippen LogP contribution in [0.1, 0.15) is 34.3 Å². The van der Waals surface area contributed by atoms with E-state index in [1.54, 1.807) is 30.0 Å². The average Bonchev–Trinajstić information content (AvgIpc) is 3.24. The maximum Gasteiger partial charge on any atom is 0.256 e. The Hall–Kier alpha value is -3.31. The SMILES string of the molecule is Cc1ccc(C=CC(=O)c2ccc(OCCCCSc3nc4ccccc4o3)cc2)cc1. The van der Waals surface area contributed by atoms with Crippen LogP contribution in [-0.2, 0) is 0 Å². The fraction of sp³-hybridized carbons (Fsp3) is 0.185. The van der Waals surface area contributed by atoms with Crippen LogP contribution in [0.2, 0.25) is 0 Å². The number of unbranched alkanes of at least 4 members (excludes halogenated alkanes) is 1. The topological polar surface area (TPSA) is 52.3 Å². The third-order valence-electron chi connectivity index (χ3n) is 4.95. The third-order valence-corrected chi connectivity index (χ3v) is 5.86. The highest BCUT2D eigenvalue weighted by Crippen LogP contribution is 2.24. The number of carbonyl (C=O) groups is 1. The van der Waals surface area contributed by atoms with Crippen LogP contribution in [0.4, 0.5) is 0 Å². The molecule has 0 saturated carbocycles. The van der Waals surface area contributed by atoms with Gasteiger partial charge in [-0.15, -0.1) is 0 Å². The van der Waals surface area contributed by atoms with E-state index in [0.717, 1.165) is 41.0 Å². The highest BCUT2D eigenvalue weighted by Gasteiger charge is 2.05. The van der Waals surface area contributed by atoms with Gasteiger partial charge in [0.15, 0.2) is 11.4 Å². The van der Waals surface area contributed by atoms with Crippen LogP contribution >= 0.6 is 11.8 Å². The van der Waals surface area contributed by atoms with Gasteiger partial charge in [-0.05, 0) is 67.8 Å². The van der Waals surface area contributed by atoms with Gasteiger partial charge in [0.2, 0.25) is 0 Å². The predicted octanol–water partition coefficient (Wildman–Crippen LogP) is 6.98. The molecule has 0 saturated heterocycles. The van der Waals surface area contributed by atoms with Crippen LogP contribution in [0.25, 0.3) is 17.2 Å². The van der Waals surface area contributed by atoms with Crippen molar-refractivity contribution in [2.24, 2.45) is 0 Å². The molecule has 5 heteroatoms. The molecule has 0 amide bonds. The van der Waals surface area contributed by atoms with Crippen LogP contribution in [0.5, 0.6) is 5.75 Å². The van der Waals surface area contributed by atoms with Crippen molar-refractivity contribution in [3.63, 3.8) is 0 Å². The van der Waals surface area contributed by atoms with E-state index in [4.69, 9.17) is 9.15 Å². The Bertz CT molecular complexity index is 1160. The predicted molar refractivity (Wildman–Crippen MR) is 130 cm³/mol. The Morgan fingerprint density at radius 2 is 1.78 bits per heavy atom. The van der Waals surface area contributed by atoms with Crippen molar-refractivity contribution in [3.05, 3.63) is 95.6 Å². The molecule has 0 N–H and O–H groups in total. The van der Waals surface area contributed by atoms with Crippen molar-refractivity contribution in [3.8, 4) is 5.75 Å². The molecular formula is C27H25NO3S. The normalized spacial score (nSPS) is 11.3. The molecule has 1 heterocycles. The van der Waals surface area contributed by atoms with Gasteiger partial charge < -0.3 is 9.15 Å². The standard InChI is InChI=1S/C27H25NO3S/c1-20-8-10-21(11-9-20)12-17-25(29)22-13-15-23(16-14-22)30-18-4-5-19-32-27-28-24-6-2-3-7-26(24)31-27/h2-3,6-17H,4-5,18-19H2,1H3. The Morgan fingerprint density at radius 3 is 2.56 bits per heavy atom. The summed E-state index contributed by atoms with van der Waals surface area (Å²) in [5.41, 5.74) is 4.58. The van der Waals surface area contributed by atoms with E-state index in [-0.39, 0.29) is 5.78 Å². The number of benzene rings is 3. The second kappa shape index (κ2) is 10.8. The van der Waals surface area contributed by atoms with Gasteiger partial charge in [0, 0.05) is 11.3 Å². The number of nitrogens with zero attached hydrogens (tertiary/aromatic N) is 1. The summed E-state index contributed by atoms with van der Waals surface area (Å²) in [5, 5.41) is 0.712. The number of hydrogen-bond acceptors (Lipinski definition) is 5. The number of ether oxygens (including phenoxy) is 1. The van der Waals surface area contributed by atoms with E-state index in [2.05, 4.69) is 4.98 Å². The molecular weight excluding hydrogens is 418 g/mol. The maximum absolute atomic E-state index is 12.4. The molecule has 3 aromatic carbocycles.